The SMILES string of the molecule is CCCN(C1CCNC1)C(CC)c1cc(Br)ccc1O. The Morgan fingerprint density at radius 3 is 2.85 bits per heavy atom. The van der Waals surface area contributed by atoms with Crippen LogP contribution in [0.2, 0.25) is 0 Å². The van der Waals surface area contributed by atoms with Gasteiger partial charge in [-0.25, -0.2) is 0 Å². The van der Waals surface area contributed by atoms with Gasteiger partial charge in [0, 0.05) is 28.7 Å². The highest BCUT2D eigenvalue weighted by molar-refractivity contribution is 9.10. The number of hydrogen-bond acceptors (Lipinski definition) is 3. The van der Waals surface area contributed by atoms with Crippen LogP contribution in [0.25, 0.3) is 0 Å². The second-order valence-corrected chi connectivity index (χ2v) is 6.43. The zero-order chi connectivity index (χ0) is 14.5. The number of halogens is 1. The topological polar surface area (TPSA) is 35.5 Å². The first kappa shape index (κ1) is 15.8. The number of aromatic hydroxyl groups is 1. The lowest BCUT2D eigenvalue weighted by atomic mass is 9.99. The van der Waals surface area contributed by atoms with Crippen molar-refractivity contribution in [2.45, 2.75) is 45.2 Å². The standard InChI is InChI=1S/C16H25BrN2O/c1-3-9-19(13-7-8-18-11-13)15(4-2)14-10-12(17)5-6-16(14)20/h5-6,10,13,15,18,20H,3-4,7-9,11H2,1-2H3. The molecule has 1 fully saturated rings. The van der Waals surface area contributed by atoms with Crippen LogP contribution in [0.15, 0.2) is 22.7 Å². The van der Waals surface area contributed by atoms with Crippen LogP contribution in [-0.4, -0.2) is 35.7 Å². The van der Waals surface area contributed by atoms with E-state index in [-0.39, 0.29) is 6.04 Å². The number of rotatable bonds is 6. The normalized spacial score (nSPS) is 20.5. The molecule has 0 amide bonds. The lowest BCUT2D eigenvalue weighted by molar-refractivity contribution is 0.136. The summed E-state index contributed by atoms with van der Waals surface area (Å²) in [6.45, 7) is 7.67. The average molecular weight is 341 g/mol. The average Bonchev–Trinajstić information content (AvgIpc) is 2.96. The molecule has 1 saturated heterocycles. The molecular weight excluding hydrogens is 316 g/mol. The second-order valence-electron chi connectivity index (χ2n) is 5.51. The minimum absolute atomic E-state index is 0.289. The van der Waals surface area contributed by atoms with Gasteiger partial charge in [0.25, 0.3) is 0 Å². The highest BCUT2D eigenvalue weighted by atomic mass is 79.9. The molecule has 1 heterocycles. The molecule has 1 aromatic rings. The number of nitrogens with zero attached hydrogens (tertiary/aromatic N) is 1. The Labute approximate surface area is 130 Å². The fraction of sp³-hybridized carbons (Fsp3) is 0.625. The molecule has 2 N–H and O–H groups in total. The van der Waals surface area contributed by atoms with Crippen molar-refractivity contribution in [3.8, 4) is 5.75 Å². The molecule has 4 heteroatoms. The summed E-state index contributed by atoms with van der Waals surface area (Å²) in [6.07, 6.45) is 3.35. The summed E-state index contributed by atoms with van der Waals surface area (Å²) in [7, 11) is 0. The van der Waals surface area contributed by atoms with Crippen molar-refractivity contribution >= 4 is 15.9 Å². The third-order valence-corrected chi connectivity index (χ3v) is 4.61. The van der Waals surface area contributed by atoms with Gasteiger partial charge < -0.3 is 10.4 Å². The summed E-state index contributed by atoms with van der Waals surface area (Å²) in [6, 6.07) is 6.62. The fourth-order valence-corrected chi connectivity index (χ4v) is 3.58. The lowest BCUT2D eigenvalue weighted by Gasteiger charge is -2.36. The van der Waals surface area contributed by atoms with Gasteiger partial charge in [0.1, 0.15) is 5.75 Å². The minimum Gasteiger partial charge on any atom is -0.508 e. The van der Waals surface area contributed by atoms with Gasteiger partial charge in [0.05, 0.1) is 0 Å². The molecule has 20 heavy (non-hydrogen) atoms. The van der Waals surface area contributed by atoms with E-state index >= 15 is 0 Å². The fourth-order valence-electron chi connectivity index (χ4n) is 3.20. The monoisotopic (exact) mass is 340 g/mol. The Bertz CT molecular complexity index is 432. The van der Waals surface area contributed by atoms with E-state index in [9.17, 15) is 5.11 Å². The van der Waals surface area contributed by atoms with Crippen LogP contribution in [0.5, 0.6) is 5.75 Å². The molecule has 1 aromatic carbocycles. The van der Waals surface area contributed by atoms with Crippen LogP contribution < -0.4 is 5.32 Å². The Kier molecular flexibility index (Phi) is 5.87. The highest BCUT2D eigenvalue weighted by Crippen LogP contribution is 2.35. The summed E-state index contributed by atoms with van der Waals surface area (Å²) in [4.78, 5) is 2.57. The molecule has 1 aliphatic heterocycles. The lowest BCUT2D eigenvalue weighted by Crippen LogP contribution is -2.40. The van der Waals surface area contributed by atoms with Gasteiger partial charge in [-0.3, -0.25) is 4.90 Å². The van der Waals surface area contributed by atoms with Crippen molar-refractivity contribution in [3.63, 3.8) is 0 Å². The smallest absolute Gasteiger partial charge is 0.120 e. The third-order valence-electron chi connectivity index (χ3n) is 4.12. The quantitative estimate of drug-likeness (QED) is 0.829. The van der Waals surface area contributed by atoms with Crippen molar-refractivity contribution in [2.24, 2.45) is 0 Å². The molecule has 0 bridgehead atoms. The Morgan fingerprint density at radius 1 is 1.45 bits per heavy atom. The molecule has 2 rings (SSSR count). The van der Waals surface area contributed by atoms with Gasteiger partial charge in [0.15, 0.2) is 0 Å². The summed E-state index contributed by atoms with van der Waals surface area (Å²) in [5, 5.41) is 13.7. The van der Waals surface area contributed by atoms with E-state index < -0.39 is 0 Å². The van der Waals surface area contributed by atoms with E-state index in [1.807, 2.05) is 6.07 Å². The third kappa shape index (κ3) is 3.54. The Hall–Kier alpha value is -0.580. The van der Waals surface area contributed by atoms with Crippen LogP contribution in [-0.2, 0) is 0 Å². The van der Waals surface area contributed by atoms with Gasteiger partial charge in [-0.15, -0.1) is 0 Å². The van der Waals surface area contributed by atoms with Crippen LogP contribution in [0.4, 0.5) is 0 Å². The summed E-state index contributed by atoms with van der Waals surface area (Å²) in [5.74, 6) is 0.409. The van der Waals surface area contributed by atoms with E-state index in [1.165, 1.54) is 6.42 Å². The van der Waals surface area contributed by atoms with Crippen molar-refractivity contribution in [3.05, 3.63) is 28.2 Å². The van der Waals surface area contributed by atoms with Crippen LogP contribution in [0, 0.1) is 0 Å². The zero-order valence-corrected chi connectivity index (χ0v) is 14.0. The summed E-state index contributed by atoms with van der Waals surface area (Å²) in [5.41, 5.74) is 1.04. The number of nitrogens with one attached hydrogen (secondary N) is 1. The zero-order valence-electron chi connectivity index (χ0n) is 12.4. The van der Waals surface area contributed by atoms with Crippen LogP contribution in [0.3, 0.4) is 0 Å². The van der Waals surface area contributed by atoms with Gasteiger partial charge >= 0.3 is 0 Å². The number of phenolic OH excluding ortho intramolecular Hbond substituents is 1. The first-order chi connectivity index (χ1) is 9.67. The minimum atomic E-state index is 0.289. The van der Waals surface area contributed by atoms with Crippen LogP contribution in [0.1, 0.15) is 44.7 Å². The maximum atomic E-state index is 10.2. The molecule has 1 aliphatic rings. The Morgan fingerprint density at radius 2 is 2.25 bits per heavy atom. The predicted octanol–water partition coefficient (Wildman–Crippen LogP) is 3.68. The van der Waals surface area contributed by atoms with Crippen molar-refractivity contribution in [2.75, 3.05) is 19.6 Å². The molecule has 0 spiro atoms. The molecule has 0 saturated carbocycles. The molecule has 3 nitrogen and oxygen atoms in total. The van der Waals surface area contributed by atoms with Crippen molar-refractivity contribution in [1.82, 2.24) is 10.2 Å². The maximum absolute atomic E-state index is 10.2. The van der Waals surface area contributed by atoms with E-state index in [1.54, 1.807) is 6.07 Å². The van der Waals surface area contributed by atoms with Crippen LogP contribution >= 0.6 is 15.9 Å². The summed E-state index contributed by atoms with van der Waals surface area (Å²) < 4.78 is 1.03. The highest BCUT2D eigenvalue weighted by Gasteiger charge is 2.29. The van der Waals surface area contributed by atoms with Gasteiger partial charge in [-0.1, -0.05) is 29.8 Å². The maximum Gasteiger partial charge on any atom is 0.120 e. The molecule has 0 radical (unpaired) electrons. The molecule has 2 unspecified atom stereocenters. The molecule has 0 aliphatic carbocycles. The van der Waals surface area contributed by atoms with Gasteiger partial charge in [-0.2, -0.15) is 0 Å². The van der Waals surface area contributed by atoms with Gasteiger partial charge in [0.2, 0.25) is 0 Å². The molecule has 0 aromatic heterocycles. The van der Waals surface area contributed by atoms with Crippen molar-refractivity contribution in [1.29, 1.82) is 0 Å². The number of hydrogen-bond donors (Lipinski definition) is 2. The first-order valence-corrected chi connectivity index (χ1v) is 8.41. The molecule has 112 valence electrons. The second kappa shape index (κ2) is 7.43. The summed E-state index contributed by atoms with van der Waals surface area (Å²) >= 11 is 3.52. The van der Waals surface area contributed by atoms with Gasteiger partial charge in [-0.05, 0) is 50.6 Å². The van der Waals surface area contributed by atoms with E-state index in [2.05, 4.69) is 46.1 Å². The largest absolute Gasteiger partial charge is 0.508 e. The Balaban J connectivity index is 2.29. The van der Waals surface area contributed by atoms with E-state index in [0.717, 1.165) is 42.5 Å². The van der Waals surface area contributed by atoms with E-state index in [4.69, 9.17) is 0 Å². The predicted molar refractivity (Wildman–Crippen MR) is 87.1 cm³/mol. The number of phenols is 1. The van der Waals surface area contributed by atoms with E-state index in [0.29, 0.717) is 11.8 Å². The number of benzene rings is 1. The molecular formula is C16H25BrN2O. The first-order valence-electron chi connectivity index (χ1n) is 7.62. The van der Waals surface area contributed by atoms with Crippen molar-refractivity contribution < 1.29 is 5.11 Å². The molecule has 2 atom stereocenters.